The highest BCUT2D eigenvalue weighted by atomic mass is 16.1. The molecule has 1 unspecified atom stereocenters. The molecule has 0 radical (unpaired) electrons. The maximum Gasteiger partial charge on any atom is 0.325 e. The predicted octanol–water partition coefficient (Wildman–Crippen LogP) is 1.07. The van der Waals surface area contributed by atoms with E-state index in [4.69, 9.17) is 0 Å². The van der Waals surface area contributed by atoms with Gasteiger partial charge in [0.25, 0.3) is 0 Å². The summed E-state index contributed by atoms with van der Waals surface area (Å²) in [7, 11) is 0. The van der Waals surface area contributed by atoms with E-state index >= 15 is 0 Å². The average Bonchev–Trinajstić information content (AvgIpc) is 2.34. The van der Waals surface area contributed by atoms with Crippen LogP contribution in [-0.4, -0.2) is 9.55 Å². The topological polar surface area (TPSA) is 37.8 Å². The summed E-state index contributed by atoms with van der Waals surface area (Å²) < 4.78 is 1.86. The number of nitrogens with zero attached hydrogens (tertiary/aromatic N) is 1. The highest BCUT2D eigenvalue weighted by molar-refractivity contribution is 5.03. The number of rotatable bonds is 0. The number of hydrogen-bond donors (Lipinski definition) is 1. The third-order valence-electron chi connectivity index (χ3n) is 2.39. The molecule has 1 atom stereocenters. The fourth-order valence-corrected chi connectivity index (χ4v) is 1.80. The number of aryl methyl sites for hydroxylation is 1. The van der Waals surface area contributed by atoms with Crippen molar-refractivity contribution in [1.82, 2.24) is 9.55 Å². The Morgan fingerprint density at radius 2 is 2.55 bits per heavy atom. The van der Waals surface area contributed by atoms with E-state index in [1.807, 2.05) is 10.8 Å². The molecule has 3 nitrogen and oxygen atoms in total. The van der Waals surface area contributed by atoms with E-state index < -0.39 is 0 Å². The number of nitrogens with one attached hydrogen (secondary N) is 1. The molecule has 1 aliphatic heterocycles. The van der Waals surface area contributed by atoms with Gasteiger partial charge in [0.1, 0.15) is 0 Å². The summed E-state index contributed by atoms with van der Waals surface area (Å²) in [5.41, 5.74) is 1.21. The number of fused-ring (bicyclic) bond motifs is 1. The fourth-order valence-electron chi connectivity index (χ4n) is 1.80. The fraction of sp³-hybridized carbons (Fsp3) is 0.625. The molecule has 0 saturated carbocycles. The SMILES string of the molecule is CC1CCCc2c[nH]c(=O)n21. The largest absolute Gasteiger partial charge is 0.325 e. The van der Waals surface area contributed by atoms with Crippen molar-refractivity contribution in [3.63, 3.8) is 0 Å². The molecule has 1 aliphatic rings. The quantitative estimate of drug-likeness (QED) is 0.593. The van der Waals surface area contributed by atoms with Crippen LogP contribution in [-0.2, 0) is 6.42 Å². The maximum atomic E-state index is 11.2. The highest BCUT2D eigenvalue weighted by Crippen LogP contribution is 2.20. The lowest BCUT2D eigenvalue weighted by Crippen LogP contribution is -2.25. The number of aromatic amines is 1. The van der Waals surface area contributed by atoms with Crippen molar-refractivity contribution < 1.29 is 0 Å². The lowest BCUT2D eigenvalue weighted by atomic mass is 10.0. The van der Waals surface area contributed by atoms with E-state index in [9.17, 15) is 4.79 Å². The molecule has 0 aliphatic carbocycles. The smallest absolute Gasteiger partial charge is 0.312 e. The monoisotopic (exact) mass is 152 g/mol. The number of imidazole rings is 1. The van der Waals surface area contributed by atoms with Gasteiger partial charge in [-0.3, -0.25) is 4.57 Å². The van der Waals surface area contributed by atoms with Gasteiger partial charge in [-0.1, -0.05) is 0 Å². The summed E-state index contributed by atoms with van der Waals surface area (Å²) in [5.74, 6) is 0. The van der Waals surface area contributed by atoms with Crippen molar-refractivity contribution in [3.05, 3.63) is 22.4 Å². The van der Waals surface area contributed by atoms with Gasteiger partial charge in [-0.05, 0) is 26.2 Å². The van der Waals surface area contributed by atoms with Crippen molar-refractivity contribution >= 4 is 0 Å². The first-order valence-electron chi connectivity index (χ1n) is 4.08. The van der Waals surface area contributed by atoms with Gasteiger partial charge in [-0.25, -0.2) is 4.79 Å². The summed E-state index contributed by atoms with van der Waals surface area (Å²) in [6.07, 6.45) is 5.21. The Labute approximate surface area is 65.1 Å². The Bertz CT molecular complexity index is 310. The minimum atomic E-state index is 0.0483. The molecule has 0 bridgehead atoms. The second kappa shape index (κ2) is 2.26. The molecule has 2 heterocycles. The highest BCUT2D eigenvalue weighted by Gasteiger charge is 2.16. The van der Waals surface area contributed by atoms with Crippen LogP contribution < -0.4 is 5.69 Å². The molecule has 3 heteroatoms. The number of aromatic nitrogens is 2. The van der Waals surface area contributed by atoms with Crippen LogP contribution in [0, 0.1) is 0 Å². The van der Waals surface area contributed by atoms with Crippen LogP contribution in [0.3, 0.4) is 0 Å². The minimum Gasteiger partial charge on any atom is -0.312 e. The summed E-state index contributed by atoms with van der Waals surface area (Å²) in [5, 5.41) is 0. The zero-order valence-electron chi connectivity index (χ0n) is 6.63. The molecule has 11 heavy (non-hydrogen) atoms. The van der Waals surface area contributed by atoms with Gasteiger partial charge < -0.3 is 4.98 Å². The molecule has 60 valence electrons. The van der Waals surface area contributed by atoms with Crippen molar-refractivity contribution in [1.29, 1.82) is 0 Å². The van der Waals surface area contributed by atoms with E-state index in [-0.39, 0.29) is 5.69 Å². The van der Waals surface area contributed by atoms with Gasteiger partial charge in [-0.15, -0.1) is 0 Å². The summed E-state index contributed by atoms with van der Waals surface area (Å²) in [6.45, 7) is 2.10. The maximum absolute atomic E-state index is 11.2. The molecule has 0 fully saturated rings. The third kappa shape index (κ3) is 0.914. The van der Waals surface area contributed by atoms with Crippen molar-refractivity contribution in [2.24, 2.45) is 0 Å². The van der Waals surface area contributed by atoms with Gasteiger partial charge in [0.05, 0.1) is 0 Å². The van der Waals surface area contributed by atoms with Gasteiger partial charge in [0.15, 0.2) is 0 Å². The molecule has 1 aromatic rings. The zero-order valence-corrected chi connectivity index (χ0v) is 6.63. The minimum absolute atomic E-state index is 0.0483. The third-order valence-corrected chi connectivity index (χ3v) is 2.39. The summed E-state index contributed by atoms with van der Waals surface area (Å²) >= 11 is 0. The Morgan fingerprint density at radius 3 is 3.27 bits per heavy atom. The van der Waals surface area contributed by atoms with Gasteiger partial charge in [0.2, 0.25) is 0 Å². The van der Waals surface area contributed by atoms with Crippen molar-refractivity contribution in [2.45, 2.75) is 32.2 Å². The van der Waals surface area contributed by atoms with E-state index in [0.717, 1.165) is 18.5 Å². The van der Waals surface area contributed by atoms with E-state index in [2.05, 4.69) is 11.9 Å². The molecule has 0 aromatic carbocycles. The Morgan fingerprint density at radius 1 is 1.73 bits per heavy atom. The Hall–Kier alpha value is -0.990. The Balaban J connectivity index is 2.56. The van der Waals surface area contributed by atoms with Crippen LogP contribution >= 0.6 is 0 Å². The molecule has 1 N–H and O–H groups in total. The van der Waals surface area contributed by atoms with Crippen LogP contribution in [0.4, 0.5) is 0 Å². The lowest BCUT2D eigenvalue weighted by molar-refractivity contribution is 0.422. The van der Waals surface area contributed by atoms with Crippen LogP contribution in [0.5, 0.6) is 0 Å². The van der Waals surface area contributed by atoms with E-state index in [0.29, 0.717) is 6.04 Å². The van der Waals surface area contributed by atoms with Crippen LogP contribution in [0.15, 0.2) is 11.0 Å². The average molecular weight is 152 g/mol. The van der Waals surface area contributed by atoms with Crippen LogP contribution in [0.25, 0.3) is 0 Å². The second-order valence-electron chi connectivity index (χ2n) is 3.20. The summed E-state index contributed by atoms with van der Waals surface area (Å²) in [6, 6.07) is 0.387. The van der Waals surface area contributed by atoms with E-state index in [1.165, 1.54) is 6.42 Å². The number of hydrogen-bond acceptors (Lipinski definition) is 1. The van der Waals surface area contributed by atoms with Crippen molar-refractivity contribution in [3.8, 4) is 0 Å². The predicted molar refractivity (Wildman–Crippen MR) is 42.7 cm³/mol. The molecule has 0 saturated heterocycles. The molecular formula is C8H12N2O. The van der Waals surface area contributed by atoms with Gasteiger partial charge in [-0.2, -0.15) is 0 Å². The number of H-pyrrole nitrogens is 1. The molecule has 0 spiro atoms. The normalized spacial score (nSPS) is 23.2. The standard InChI is InChI=1S/C8H12N2O/c1-6-3-2-4-7-5-9-8(11)10(6)7/h5-6H,2-4H2,1H3,(H,9,11). The molecule has 1 aromatic heterocycles. The molecule has 0 amide bonds. The first-order valence-corrected chi connectivity index (χ1v) is 4.08. The Kier molecular flexibility index (Phi) is 1.37. The van der Waals surface area contributed by atoms with Crippen LogP contribution in [0.2, 0.25) is 0 Å². The second-order valence-corrected chi connectivity index (χ2v) is 3.20. The first-order chi connectivity index (χ1) is 5.29. The van der Waals surface area contributed by atoms with Crippen LogP contribution in [0.1, 0.15) is 31.5 Å². The molecular weight excluding hydrogens is 140 g/mol. The van der Waals surface area contributed by atoms with Gasteiger partial charge >= 0.3 is 5.69 Å². The summed E-state index contributed by atoms with van der Waals surface area (Å²) in [4.78, 5) is 13.9. The lowest BCUT2D eigenvalue weighted by Gasteiger charge is -2.20. The first kappa shape index (κ1) is 6.70. The van der Waals surface area contributed by atoms with Gasteiger partial charge in [0, 0.05) is 17.9 Å². The van der Waals surface area contributed by atoms with Crippen molar-refractivity contribution in [2.75, 3.05) is 0 Å². The zero-order chi connectivity index (χ0) is 7.84. The molecule has 2 rings (SSSR count). The van der Waals surface area contributed by atoms with E-state index in [1.54, 1.807) is 0 Å².